The molecule has 29 heavy (non-hydrogen) atoms. The molecule has 4 rings (SSSR count). The Kier molecular flexibility index (Phi) is 5.29. The summed E-state index contributed by atoms with van der Waals surface area (Å²) in [4.78, 5) is 19.0. The lowest BCUT2D eigenvalue weighted by Crippen LogP contribution is -2.37. The lowest BCUT2D eigenvalue weighted by molar-refractivity contribution is -0.117. The maximum atomic E-state index is 12.7. The second kappa shape index (κ2) is 7.61. The first-order valence-corrected chi connectivity index (χ1v) is 12.3. The second-order valence-electron chi connectivity index (χ2n) is 7.97. The number of amides is 1. The number of hydrogen-bond donors (Lipinski definition) is 0. The van der Waals surface area contributed by atoms with E-state index in [4.69, 9.17) is 0 Å². The predicted molar refractivity (Wildman–Crippen MR) is 120 cm³/mol. The Morgan fingerprint density at radius 1 is 1.03 bits per heavy atom. The zero-order valence-corrected chi connectivity index (χ0v) is 18.4. The number of hydrogen-bond acceptors (Lipinski definition) is 4. The van der Waals surface area contributed by atoms with E-state index in [9.17, 15) is 13.2 Å². The lowest BCUT2D eigenvalue weighted by atomic mass is 10.1. The van der Waals surface area contributed by atoms with E-state index in [1.807, 2.05) is 62.1 Å². The smallest absolute Gasteiger partial charge is 0.252 e. The van der Waals surface area contributed by atoms with Gasteiger partial charge in [0.25, 0.3) is 5.91 Å². The van der Waals surface area contributed by atoms with Gasteiger partial charge < -0.3 is 4.90 Å². The normalized spacial score (nSPS) is 24.1. The van der Waals surface area contributed by atoms with Crippen LogP contribution in [-0.2, 0) is 21.1 Å². The van der Waals surface area contributed by atoms with Crippen molar-refractivity contribution in [3.8, 4) is 0 Å². The molecule has 2 aromatic rings. The van der Waals surface area contributed by atoms with Crippen LogP contribution in [0.4, 0.5) is 5.69 Å². The van der Waals surface area contributed by atoms with Gasteiger partial charge in [0.15, 0.2) is 15.0 Å². The molecule has 2 saturated heterocycles. The van der Waals surface area contributed by atoms with Crippen molar-refractivity contribution in [1.29, 1.82) is 0 Å². The number of aliphatic imine (C=N–C) groups is 1. The maximum absolute atomic E-state index is 12.7. The Labute approximate surface area is 176 Å². The van der Waals surface area contributed by atoms with Gasteiger partial charge >= 0.3 is 0 Å². The van der Waals surface area contributed by atoms with Crippen molar-refractivity contribution in [2.24, 2.45) is 4.99 Å². The molecule has 2 heterocycles. The molecular weight excluding hydrogens is 404 g/mol. The molecule has 0 saturated carbocycles. The van der Waals surface area contributed by atoms with Crippen LogP contribution in [0.15, 0.2) is 47.5 Å². The molecule has 2 atom stereocenters. The average molecular weight is 429 g/mol. The van der Waals surface area contributed by atoms with Crippen LogP contribution in [-0.4, -0.2) is 42.3 Å². The summed E-state index contributed by atoms with van der Waals surface area (Å²) in [5.41, 5.74) is 5.17. The minimum Gasteiger partial charge on any atom is -0.316 e. The number of thioether (sulfide) groups is 1. The quantitative estimate of drug-likeness (QED) is 0.749. The molecule has 0 aromatic heterocycles. The van der Waals surface area contributed by atoms with E-state index in [0.717, 1.165) is 27.9 Å². The van der Waals surface area contributed by atoms with E-state index >= 15 is 0 Å². The highest BCUT2D eigenvalue weighted by atomic mass is 32.2. The van der Waals surface area contributed by atoms with E-state index in [0.29, 0.717) is 5.17 Å². The number of carbonyl (C=O) groups is 1. The molecule has 2 fully saturated rings. The van der Waals surface area contributed by atoms with Crippen molar-refractivity contribution in [2.45, 2.75) is 38.5 Å². The summed E-state index contributed by atoms with van der Waals surface area (Å²) in [6.07, 6.45) is 0.235. The topological polar surface area (TPSA) is 66.8 Å². The first-order chi connectivity index (χ1) is 13.7. The van der Waals surface area contributed by atoms with Crippen molar-refractivity contribution in [1.82, 2.24) is 0 Å². The number of carbonyl (C=O) groups excluding carboxylic acids is 1. The Morgan fingerprint density at radius 2 is 1.69 bits per heavy atom. The van der Waals surface area contributed by atoms with Gasteiger partial charge in [-0.25, -0.2) is 8.42 Å². The molecule has 2 unspecified atom stereocenters. The van der Waals surface area contributed by atoms with Gasteiger partial charge in [0.2, 0.25) is 0 Å². The molecular formula is C22H24N2O3S2. The lowest BCUT2D eigenvalue weighted by Gasteiger charge is -2.25. The minimum absolute atomic E-state index is 0.0910. The van der Waals surface area contributed by atoms with Crippen molar-refractivity contribution >= 4 is 38.4 Å². The van der Waals surface area contributed by atoms with Crippen LogP contribution >= 0.6 is 11.8 Å². The number of aryl methyl sites for hydroxylation is 3. The van der Waals surface area contributed by atoms with Crippen LogP contribution in [0.2, 0.25) is 0 Å². The molecule has 0 aliphatic carbocycles. The third-order valence-corrected chi connectivity index (χ3v) is 8.46. The summed E-state index contributed by atoms with van der Waals surface area (Å²) < 4.78 is 24.4. The first-order valence-electron chi connectivity index (χ1n) is 9.62. The molecule has 2 aromatic carbocycles. The highest BCUT2D eigenvalue weighted by Gasteiger charge is 2.49. The zero-order valence-electron chi connectivity index (χ0n) is 16.8. The molecule has 7 heteroatoms. The second-order valence-corrected chi connectivity index (χ2v) is 11.3. The van der Waals surface area contributed by atoms with Crippen LogP contribution < -0.4 is 4.90 Å². The van der Waals surface area contributed by atoms with Gasteiger partial charge in [-0.15, -0.1) is 0 Å². The Hall–Kier alpha value is -2.12. The SMILES string of the molecule is Cc1ccc(CC(=O)N=C2SC3CS(=O)(=O)CC3N2c2cc(C)cc(C)c2)cc1. The van der Waals surface area contributed by atoms with Crippen molar-refractivity contribution in [3.05, 3.63) is 64.7 Å². The van der Waals surface area contributed by atoms with Crippen LogP contribution in [0.3, 0.4) is 0 Å². The third-order valence-electron chi connectivity index (χ3n) is 5.25. The fraction of sp³-hybridized carbons (Fsp3) is 0.364. The monoisotopic (exact) mass is 428 g/mol. The van der Waals surface area contributed by atoms with E-state index in [-0.39, 0.29) is 35.1 Å². The summed E-state index contributed by atoms with van der Waals surface area (Å²) >= 11 is 1.42. The maximum Gasteiger partial charge on any atom is 0.252 e. The molecule has 2 aliphatic rings. The molecule has 2 aliphatic heterocycles. The van der Waals surface area contributed by atoms with Gasteiger partial charge in [-0.05, 0) is 49.6 Å². The van der Waals surface area contributed by atoms with E-state index in [2.05, 4.69) is 11.1 Å². The van der Waals surface area contributed by atoms with Crippen LogP contribution in [0.5, 0.6) is 0 Å². The number of amidine groups is 1. The Morgan fingerprint density at radius 3 is 2.34 bits per heavy atom. The number of anilines is 1. The van der Waals surface area contributed by atoms with Crippen molar-refractivity contribution < 1.29 is 13.2 Å². The predicted octanol–water partition coefficient (Wildman–Crippen LogP) is 3.46. The number of sulfone groups is 1. The van der Waals surface area contributed by atoms with Crippen molar-refractivity contribution in [3.63, 3.8) is 0 Å². The standard InChI is InChI=1S/C22H24N2O3S2/c1-14-4-6-17(7-5-14)11-21(25)23-22-24(18-9-15(2)8-16(3)10-18)19-12-29(26,27)13-20(19)28-22/h4-10,19-20H,11-13H2,1-3H3. The fourth-order valence-corrected chi connectivity index (χ4v) is 7.91. The number of rotatable bonds is 3. The summed E-state index contributed by atoms with van der Waals surface area (Å²) in [6.45, 7) is 6.04. The minimum atomic E-state index is -3.07. The Bertz CT molecular complexity index is 1070. The van der Waals surface area contributed by atoms with Gasteiger partial charge in [-0.2, -0.15) is 4.99 Å². The number of nitrogens with zero attached hydrogens (tertiary/aromatic N) is 2. The van der Waals surface area contributed by atoms with Crippen molar-refractivity contribution in [2.75, 3.05) is 16.4 Å². The highest BCUT2D eigenvalue weighted by molar-refractivity contribution is 8.16. The van der Waals surface area contributed by atoms with Gasteiger partial charge in [0, 0.05) is 10.9 Å². The molecule has 0 bridgehead atoms. The number of fused-ring (bicyclic) bond motifs is 1. The van der Waals surface area contributed by atoms with Gasteiger partial charge in [-0.3, -0.25) is 4.79 Å². The summed E-state index contributed by atoms with van der Waals surface area (Å²) in [7, 11) is -3.07. The van der Waals surface area contributed by atoms with E-state index in [1.165, 1.54) is 11.8 Å². The average Bonchev–Trinajstić information content (AvgIpc) is 3.06. The molecule has 5 nitrogen and oxygen atoms in total. The van der Waals surface area contributed by atoms with Crippen LogP contribution in [0.1, 0.15) is 22.3 Å². The van der Waals surface area contributed by atoms with Crippen LogP contribution in [0, 0.1) is 20.8 Å². The highest BCUT2D eigenvalue weighted by Crippen LogP contribution is 2.41. The summed E-state index contributed by atoms with van der Waals surface area (Å²) in [6, 6.07) is 13.8. The fourth-order valence-electron chi connectivity index (χ4n) is 3.98. The molecule has 0 N–H and O–H groups in total. The molecule has 1 amide bonds. The molecule has 152 valence electrons. The first kappa shape index (κ1) is 20.2. The molecule has 0 spiro atoms. The third kappa shape index (κ3) is 4.41. The number of benzene rings is 2. The molecule has 0 radical (unpaired) electrons. The summed E-state index contributed by atoms with van der Waals surface area (Å²) in [5, 5.41) is 0.517. The van der Waals surface area contributed by atoms with Crippen LogP contribution in [0.25, 0.3) is 0 Å². The zero-order chi connectivity index (χ0) is 20.8. The Balaban J connectivity index is 1.66. The van der Waals surface area contributed by atoms with Gasteiger partial charge in [-0.1, -0.05) is 47.7 Å². The van der Waals surface area contributed by atoms with Gasteiger partial charge in [0.1, 0.15) is 0 Å². The van der Waals surface area contributed by atoms with E-state index < -0.39 is 9.84 Å². The summed E-state index contributed by atoms with van der Waals surface area (Å²) in [5.74, 6) is 0.0195. The van der Waals surface area contributed by atoms with E-state index in [1.54, 1.807) is 0 Å². The largest absolute Gasteiger partial charge is 0.316 e. The van der Waals surface area contributed by atoms with Gasteiger partial charge in [0.05, 0.1) is 24.0 Å².